The zero-order valence-electron chi connectivity index (χ0n) is 13.1. The van der Waals surface area contributed by atoms with Gasteiger partial charge in [-0.2, -0.15) is 5.10 Å². The Morgan fingerprint density at radius 2 is 2.25 bits per heavy atom. The van der Waals surface area contributed by atoms with E-state index in [1.807, 2.05) is 0 Å². The maximum Gasteiger partial charge on any atom is 0.227 e. The molecule has 2 N–H and O–H groups in total. The number of aromatic amines is 1. The number of benzene rings is 1. The predicted octanol–water partition coefficient (Wildman–Crippen LogP) is 1.87. The Labute approximate surface area is 144 Å². The van der Waals surface area contributed by atoms with Crippen molar-refractivity contribution in [3.05, 3.63) is 40.9 Å². The minimum atomic E-state index is -0.116. The lowest BCUT2D eigenvalue weighted by molar-refractivity contribution is -0.121. The third-order valence-electron chi connectivity index (χ3n) is 3.64. The van der Waals surface area contributed by atoms with E-state index in [0.717, 1.165) is 19.4 Å². The molecule has 24 heavy (non-hydrogen) atoms. The van der Waals surface area contributed by atoms with Crippen molar-refractivity contribution in [2.45, 2.75) is 32.0 Å². The Balaban J connectivity index is 1.42. The molecule has 128 valence electrons. The minimum Gasteiger partial charge on any atom is -0.486 e. The van der Waals surface area contributed by atoms with Gasteiger partial charge in [0.25, 0.3) is 0 Å². The van der Waals surface area contributed by atoms with Crippen LogP contribution in [0.1, 0.15) is 24.5 Å². The summed E-state index contributed by atoms with van der Waals surface area (Å²) in [5.74, 6) is 1.57. The number of ether oxygens (including phenoxy) is 2. The fraction of sp³-hybridized carbons (Fsp3) is 0.438. The molecule has 0 bridgehead atoms. The number of hydrogen-bond acceptors (Lipinski definition) is 5. The standard InChI is InChI=1S/C16H19ClN4O3/c17-11-3-5-12(6-4-11)24-10-15-19-14(20-21-15)8-16(22)18-9-13-2-1-7-23-13/h3-6,13H,1-2,7-10H2,(H,18,22)(H,19,20,21). The van der Waals surface area contributed by atoms with Gasteiger partial charge in [0.05, 0.1) is 12.5 Å². The highest BCUT2D eigenvalue weighted by Gasteiger charge is 2.17. The predicted molar refractivity (Wildman–Crippen MR) is 87.9 cm³/mol. The highest BCUT2D eigenvalue weighted by molar-refractivity contribution is 6.30. The molecule has 1 unspecified atom stereocenters. The molecule has 1 fully saturated rings. The van der Waals surface area contributed by atoms with Crippen LogP contribution in [0.2, 0.25) is 5.02 Å². The van der Waals surface area contributed by atoms with Crippen molar-refractivity contribution in [1.82, 2.24) is 20.5 Å². The first-order valence-electron chi connectivity index (χ1n) is 7.86. The fourth-order valence-electron chi connectivity index (χ4n) is 2.40. The molecule has 1 saturated heterocycles. The van der Waals surface area contributed by atoms with Gasteiger partial charge >= 0.3 is 0 Å². The average Bonchev–Trinajstić information content (AvgIpc) is 3.24. The molecule has 0 saturated carbocycles. The Morgan fingerprint density at radius 3 is 3.00 bits per heavy atom. The summed E-state index contributed by atoms with van der Waals surface area (Å²) in [7, 11) is 0. The number of carbonyl (C=O) groups excluding carboxylic acids is 1. The molecule has 0 spiro atoms. The Bertz CT molecular complexity index is 668. The van der Waals surface area contributed by atoms with Crippen LogP contribution in [0.4, 0.5) is 0 Å². The Hall–Kier alpha value is -2.12. The van der Waals surface area contributed by atoms with Gasteiger partial charge in [0, 0.05) is 18.2 Å². The van der Waals surface area contributed by atoms with E-state index in [9.17, 15) is 4.79 Å². The number of hydrogen-bond donors (Lipinski definition) is 2. The largest absolute Gasteiger partial charge is 0.486 e. The second kappa shape index (κ2) is 8.12. The zero-order chi connectivity index (χ0) is 16.8. The molecular formula is C16H19ClN4O3. The van der Waals surface area contributed by atoms with E-state index in [2.05, 4.69) is 20.5 Å². The van der Waals surface area contributed by atoms with Crippen molar-refractivity contribution in [2.75, 3.05) is 13.2 Å². The summed E-state index contributed by atoms with van der Waals surface area (Å²) in [6.07, 6.45) is 2.31. The molecule has 1 aliphatic heterocycles. The number of nitrogens with one attached hydrogen (secondary N) is 2. The van der Waals surface area contributed by atoms with Gasteiger partial charge in [-0.25, -0.2) is 4.98 Å². The van der Waals surface area contributed by atoms with Crippen LogP contribution < -0.4 is 10.1 Å². The first-order valence-corrected chi connectivity index (χ1v) is 8.23. The molecule has 7 nitrogen and oxygen atoms in total. The van der Waals surface area contributed by atoms with Crippen LogP contribution in [-0.4, -0.2) is 40.3 Å². The number of nitrogens with zero attached hydrogens (tertiary/aromatic N) is 2. The van der Waals surface area contributed by atoms with Gasteiger partial charge in [0.2, 0.25) is 5.91 Å². The molecule has 1 atom stereocenters. The summed E-state index contributed by atoms with van der Waals surface area (Å²) in [6, 6.07) is 7.05. The van der Waals surface area contributed by atoms with E-state index in [-0.39, 0.29) is 25.0 Å². The zero-order valence-corrected chi connectivity index (χ0v) is 13.9. The van der Waals surface area contributed by atoms with Crippen molar-refractivity contribution in [3.63, 3.8) is 0 Å². The number of amides is 1. The maximum absolute atomic E-state index is 11.9. The molecule has 1 aromatic carbocycles. The van der Waals surface area contributed by atoms with Gasteiger partial charge in [0.1, 0.15) is 12.4 Å². The van der Waals surface area contributed by atoms with Crippen molar-refractivity contribution in [2.24, 2.45) is 0 Å². The molecule has 3 rings (SSSR count). The van der Waals surface area contributed by atoms with Crippen molar-refractivity contribution in [3.8, 4) is 5.75 Å². The molecule has 1 aliphatic rings. The van der Waals surface area contributed by atoms with Crippen molar-refractivity contribution < 1.29 is 14.3 Å². The molecule has 2 aromatic rings. The lowest BCUT2D eigenvalue weighted by atomic mass is 10.2. The molecule has 8 heteroatoms. The first-order chi connectivity index (χ1) is 11.7. The van der Waals surface area contributed by atoms with E-state index in [1.54, 1.807) is 24.3 Å². The summed E-state index contributed by atoms with van der Waals surface area (Å²) in [6.45, 7) is 1.56. The minimum absolute atomic E-state index is 0.116. The Morgan fingerprint density at radius 1 is 1.42 bits per heavy atom. The van der Waals surface area contributed by atoms with Gasteiger partial charge < -0.3 is 14.8 Å². The van der Waals surface area contributed by atoms with E-state index >= 15 is 0 Å². The lowest BCUT2D eigenvalue weighted by Crippen LogP contribution is -2.33. The monoisotopic (exact) mass is 350 g/mol. The third kappa shape index (κ3) is 4.94. The number of carbonyl (C=O) groups is 1. The first kappa shape index (κ1) is 16.7. The van der Waals surface area contributed by atoms with Crippen LogP contribution >= 0.6 is 11.6 Å². The number of rotatable bonds is 7. The molecular weight excluding hydrogens is 332 g/mol. The normalized spacial score (nSPS) is 17.0. The number of halogens is 1. The van der Waals surface area contributed by atoms with E-state index in [0.29, 0.717) is 29.0 Å². The molecule has 2 heterocycles. The second-order valence-electron chi connectivity index (χ2n) is 5.56. The van der Waals surface area contributed by atoms with Gasteiger partial charge in [-0.05, 0) is 37.1 Å². The van der Waals surface area contributed by atoms with E-state index in [4.69, 9.17) is 21.1 Å². The van der Waals surface area contributed by atoms with E-state index < -0.39 is 0 Å². The maximum atomic E-state index is 11.9. The fourth-order valence-corrected chi connectivity index (χ4v) is 2.53. The summed E-state index contributed by atoms with van der Waals surface area (Å²) in [5, 5.41) is 10.3. The molecule has 0 radical (unpaired) electrons. The Kier molecular flexibility index (Phi) is 5.66. The number of aromatic nitrogens is 3. The average molecular weight is 351 g/mol. The quantitative estimate of drug-likeness (QED) is 0.795. The van der Waals surface area contributed by atoms with Crippen LogP contribution in [0.3, 0.4) is 0 Å². The summed E-state index contributed by atoms with van der Waals surface area (Å²) < 4.78 is 11.0. The van der Waals surface area contributed by atoms with Gasteiger partial charge in [-0.3, -0.25) is 9.89 Å². The van der Waals surface area contributed by atoms with Gasteiger partial charge in [-0.1, -0.05) is 11.6 Å². The van der Waals surface area contributed by atoms with Crippen LogP contribution in [0.15, 0.2) is 24.3 Å². The van der Waals surface area contributed by atoms with Crippen LogP contribution in [-0.2, 0) is 22.6 Å². The summed E-state index contributed by atoms with van der Waals surface area (Å²) in [4.78, 5) is 16.1. The third-order valence-corrected chi connectivity index (χ3v) is 3.89. The molecule has 0 aliphatic carbocycles. The highest BCUT2D eigenvalue weighted by Crippen LogP contribution is 2.16. The molecule has 1 aromatic heterocycles. The summed E-state index contributed by atoms with van der Waals surface area (Å²) >= 11 is 5.82. The van der Waals surface area contributed by atoms with Crippen molar-refractivity contribution >= 4 is 17.5 Å². The van der Waals surface area contributed by atoms with Crippen molar-refractivity contribution in [1.29, 1.82) is 0 Å². The molecule has 1 amide bonds. The van der Waals surface area contributed by atoms with Gasteiger partial charge in [-0.15, -0.1) is 0 Å². The van der Waals surface area contributed by atoms with Crippen LogP contribution in [0.5, 0.6) is 5.75 Å². The van der Waals surface area contributed by atoms with E-state index in [1.165, 1.54) is 0 Å². The second-order valence-corrected chi connectivity index (χ2v) is 5.99. The smallest absolute Gasteiger partial charge is 0.227 e. The topological polar surface area (TPSA) is 89.1 Å². The number of H-pyrrole nitrogens is 1. The van der Waals surface area contributed by atoms with Gasteiger partial charge in [0.15, 0.2) is 11.6 Å². The lowest BCUT2D eigenvalue weighted by Gasteiger charge is -2.09. The SMILES string of the molecule is O=C(Cc1n[nH]c(COc2ccc(Cl)cc2)n1)NCC1CCCO1. The van der Waals surface area contributed by atoms with Crippen LogP contribution in [0.25, 0.3) is 0 Å². The summed E-state index contributed by atoms with van der Waals surface area (Å²) in [5.41, 5.74) is 0. The highest BCUT2D eigenvalue weighted by atomic mass is 35.5. The van der Waals surface area contributed by atoms with Crippen LogP contribution in [0, 0.1) is 0 Å².